The molecule has 2 unspecified atom stereocenters. The average Bonchev–Trinajstić information content (AvgIpc) is 3.66. The minimum atomic E-state index is -1.99. The number of hydrogen-bond donors (Lipinski definition) is 1. The molecule has 4 aliphatic rings. The van der Waals surface area contributed by atoms with Crippen molar-refractivity contribution in [3.63, 3.8) is 0 Å². The molecule has 12 nitrogen and oxygen atoms in total. The number of halogens is 1. The van der Waals surface area contributed by atoms with E-state index in [4.69, 9.17) is 30.2 Å². The van der Waals surface area contributed by atoms with Crippen molar-refractivity contribution in [1.82, 2.24) is 14.8 Å². The van der Waals surface area contributed by atoms with Gasteiger partial charge in [-0.3, -0.25) is 24.0 Å². The van der Waals surface area contributed by atoms with Gasteiger partial charge in [0.2, 0.25) is 29.0 Å². The van der Waals surface area contributed by atoms with Crippen molar-refractivity contribution < 1.29 is 37.8 Å². The Morgan fingerprint density at radius 2 is 1.71 bits per heavy atom. The van der Waals surface area contributed by atoms with Gasteiger partial charge in [0.15, 0.2) is 5.75 Å². The van der Waals surface area contributed by atoms with Crippen molar-refractivity contribution in [2.45, 2.75) is 44.2 Å². The van der Waals surface area contributed by atoms with Crippen LogP contribution in [0.5, 0.6) is 17.2 Å². The van der Waals surface area contributed by atoms with Crippen LogP contribution in [0.3, 0.4) is 0 Å². The number of carbonyl (C=O) groups excluding carboxylic acids is 4. The number of rotatable bonds is 7. The predicted octanol–water partition coefficient (Wildman–Crippen LogP) is 4.47. The number of pyridine rings is 1. The molecule has 1 N–H and O–H groups in total. The van der Waals surface area contributed by atoms with Gasteiger partial charge in [-0.15, -0.1) is 0 Å². The highest BCUT2D eigenvalue weighted by Gasteiger charge is 2.63. The normalized spacial score (nSPS) is 22.7. The highest BCUT2D eigenvalue weighted by molar-refractivity contribution is 6.36. The number of Topliss-reactive ketones (excluding diaryl/α,β-unsaturated/α-hetero) is 2. The number of nitrogens with one attached hydrogen (secondary N) is 1. The van der Waals surface area contributed by atoms with Crippen LogP contribution in [0.1, 0.15) is 57.0 Å². The number of nitrogens with zero attached hydrogens (tertiary/aromatic N) is 2. The lowest BCUT2D eigenvalue weighted by Crippen LogP contribution is -2.56. The van der Waals surface area contributed by atoms with Gasteiger partial charge in [-0.1, -0.05) is 54.9 Å². The Bertz CT molecular complexity index is 2230. The zero-order valence-corrected chi connectivity index (χ0v) is 29.6. The number of amides is 2. The molecule has 8 rings (SSSR count). The summed E-state index contributed by atoms with van der Waals surface area (Å²) in [6.07, 6.45) is 0.753. The van der Waals surface area contributed by atoms with E-state index >= 15 is 0 Å². The van der Waals surface area contributed by atoms with Crippen molar-refractivity contribution >= 4 is 35.0 Å². The first-order chi connectivity index (χ1) is 25.0. The summed E-state index contributed by atoms with van der Waals surface area (Å²) in [5.41, 5.74) is -0.0352. The number of furan rings is 1. The largest absolute Gasteiger partial charge is 0.496 e. The summed E-state index contributed by atoms with van der Waals surface area (Å²) in [6.45, 7) is 2.98. The Morgan fingerprint density at radius 1 is 0.962 bits per heavy atom. The van der Waals surface area contributed by atoms with Crippen LogP contribution in [0.15, 0.2) is 63.8 Å². The summed E-state index contributed by atoms with van der Waals surface area (Å²) in [6, 6.07) is 15.8. The third kappa shape index (κ3) is 5.14. The first-order valence-corrected chi connectivity index (χ1v) is 17.6. The van der Waals surface area contributed by atoms with E-state index in [9.17, 15) is 24.0 Å². The van der Waals surface area contributed by atoms with E-state index in [-0.39, 0.29) is 76.1 Å². The molecular formula is C39H36ClN3O9. The molecule has 1 aliphatic carbocycles. The number of fused-ring (bicyclic) bond motifs is 6. The van der Waals surface area contributed by atoms with Gasteiger partial charge < -0.3 is 33.4 Å². The van der Waals surface area contributed by atoms with Crippen molar-refractivity contribution in [2.75, 3.05) is 33.9 Å². The molecule has 4 atom stereocenters. The summed E-state index contributed by atoms with van der Waals surface area (Å²) >= 11 is 6.62. The molecule has 3 aliphatic heterocycles. The Kier molecular flexibility index (Phi) is 8.24. The van der Waals surface area contributed by atoms with E-state index in [1.807, 2.05) is 36.4 Å². The van der Waals surface area contributed by atoms with Gasteiger partial charge >= 0.3 is 0 Å². The third-order valence-corrected chi connectivity index (χ3v) is 11.2. The lowest BCUT2D eigenvalue weighted by molar-refractivity contribution is -0.135. The van der Waals surface area contributed by atoms with Gasteiger partial charge in [0.1, 0.15) is 33.6 Å². The molecule has 0 saturated carbocycles. The van der Waals surface area contributed by atoms with Crippen molar-refractivity contribution in [1.29, 1.82) is 0 Å². The second-order valence-corrected chi connectivity index (χ2v) is 14.3. The summed E-state index contributed by atoms with van der Waals surface area (Å²) in [4.78, 5) is 70.4. The van der Waals surface area contributed by atoms with Crippen LogP contribution in [0.25, 0.3) is 11.3 Å². The van der Waals surface area contributed by atoms with Gasteiger partial charge in [0, 0.05) is 66.8 Å². The molecule has 268 valence electrons. The summed E-state index contributed by atoms with van der Waals surface area (Å²) in [5.74, 6) is -1.47. The molecule has 1 fully saturated rings. The highest BCUT2D eigenvalue weighted by Crippen LogP contribution is 2.54. The number of ketones is 2. The molecule has 0 radical (unpaired) electrons. The number of methoxy groups -OCH3 is 2. The lowest BCUT2D eigenvalue weighted by atomic mass is 9.70. The average molecular weight is 726 g/mol. The summed E-state index contributed by atoms with van der Waals surface area (Å²) in [5, 5.41) is 2.79. The molecule has 2 amide bonds. The molecular weight excluding hydrogens is 690 g/mol. The fourth-order valence-electron chi connectivity index (χ4n) is 8.43. The first kappa shape index (κ1) is 33.8. The van der Waals surface area contributed by atoms with Gasteiger partial charge in [-0.25, -0.2) is 0 Å². The maximum absolute atomic E-state index is 14.8. The van der Waals surface area contributed by atoms with E-state index in [1.165, 1.54) is 20.3 Å². The second-order valence-electron chi connectivity index (χ2n) is 13.9. The maximum atomic E-state index is 14.8. The molecule has 5 heterocycles. The zero-order valence-electron chi connectivity index (χ0n) is 28.8. The van der Waals surface area contributed by atoms with E-state index in [0.717, 1.165) is 12.1 Å². The smallest absolute Gasteiger partial charge is 0.250 e. The van der Waals surface area contributed by atoms with Crippen LogP contribution < -0.4 is 25.1 Å². The predicted molar refractivity (Wildman–Crippen MR) is 188 cm³/mol. The molecule has 13 heteroatoms. The van der Waals surface area contributed by atoms with Crippen molar-refractivity contribution in [3.8, 4) is 28.6 Å². The number of aromatic nitrogens is 1. The summed E-state index contributed by atoms with van der Waals surface area (Å²) in [7, 11) is 2.82. The number of hydrogen-bond acceptors (Lipinski definition) is 9. The monoisotopic (exact) mass is 725 g/mol. The van der Waals surface area contributed by atoms with Crippen LogP contribution in [-0.2, 0) is 29.0 Å². The highest BCUT2D eigenvalue weighted by atomic mass is 35.5. The molecule has 4 aromatic rings. The van der Waals surface area contributed by atoms with Crippen LogP contribution in [-0.4, -0.2) is 72.3 Å². The topological polar surface area (TPSA) is 146 Å². The zero-order chi connectivity index (χ0) is 36.5. The van der Waals surface area contributed by atoms with E-state index in [1.54, 1.807) is 28.5 Å². The Balaban J connectivity index is 1.07. The van der Waals surface area contributed by atoms with E-state index < -0.39 is 29.0 Å². The fraction of sp³-hybridized carbons (Fsp3) is 0.359. The fourth-order valence-corrected chi connectivity index (χ4v) is 8.70. The second kappa shape index (κ2) is 12.7. The number of piperidine rings is 1. The van der Waals surface area contributed by atoms with Crippen molar-refractivity contribution in [2.24, 2.45) is 11.8 Å². The van der Waals surface area contributed by atoms with Gasteiger partial charge in [-0.2, -0.15) is 0 Å². The van der Waals surface area contributed by atoms with Gasteiger partial charge in [-0.05, 0) is 18.4 Å². The maximum Gasteiger partial charge on any atom is 0.250 e. The van der Waals surface area contributed by atoms with E-state index in [0.29, 0.717) is 42.3 Å². The molecule has 2 aromatic heterocycles. The van der Waals surface area contributed by atoms with Crippen LogP contribution in [0.2, 0.25) is 5.02 Å². The molecule has 2 aromatic carbocycles. The molecule has 52 heavy (non-hydrogen) atoms. The Morgan fingerprint density at radius 3 is 2.46 bits per heavy atom. The lowest BCUT2D eigenvalue weighted by Gasteiger charge is -2.42. The SMILES string of the molecule is COc1cc(OC)c2c(c1Cl)O[C@@]1(C(=O)c3c(oc(-c4ccccc4)c3CC(=O)NCC(=O)N3CC4CC(C3)c3cccc(=O)n3C4)C[C@H]1C)C2=O. The molecule has 1 spiro atoms. The summed E-state index contributed by atoms with van der Waals surface area (Å²) < 4.78 is 25.4. The third-order valence-electron chi connectivity index (χ3n) is 10.9. The van der Waals surface area contributed by atoms with Gasteiger partial charge in [0.05, 0.1) is 32.7 Å². The van der Waals surface area contributed by atoms with Gasteiger partial charge in [0.25, 0.3) is 5.56 Å². The van der Waals surface area contributed by atoms with Crippen LogP contribution in [0.4, 0.5) is 0 Å². The molecule has 1 saturated heterocycles. The number of likely N-dealkylation sites (tertiary alicyclic amines) is 1. The molecule has 2 bridgehead atoms. The van der Waals surface area contributed by atoms with Crippen LogP contribution in [0, 0.1) is 11.8 Å². The Labute approximate surface area is 303 Å². The number of benzene rings is 2. The van der Waals surface area contributed by atoms with E-state index in [2.05, 4.69) is 5.32 Å². The number of carbonyl (C=O) groups is 4. The van der Waals surface area contributed by atoms with Crippen LogP contribution >= 0.6 is 11.6 Å². The standard InChI is InChI=1S/C39H36ClN3O9/c1-20-12-27-32(37(47)39(20)38(48)33-26(49-2)15-28(50-3)34(40)36(33)52-39)24(35(51-27)22-8-5-4-6-9-22)14-29(44)41-16-31(46)42-17-21-13-23(19-42)25-10-7-11-30(45)43(25)18-21/h4-11,15,20-21,23H,12-14,16-19H2,1-3H3,(H,41,44)/t20-,21?,23?,39+/m1/s1. The first-order valence-electron chi connectivity index (χ1n) is 17.2. The Hall–Kier alpha value is -5.36. The van der Waals surface area contributed by atoms with Crippen molar-refractivity contribution in [3.05, 3.63) is 98.1 Å². The minimum Gasteiger partial charge on any atom is -0.496 e. The quantitative estimate of drug-likeness (QED) is 0.273. The minimum absolute atomic E-state index is 0.00602. The number of ether oxygens (including phenoxy) is 3.